The molecular formula is C19H32N2O2. The van der Waals surface area contributed by atoms with Gasteiger partial charge in [0.2, 0.25) is 0 Å². The van der Waals surface area contributed by atoms with Gasteiger partial charge in [0.15, 0.2) is 0 Å². The van der Waals surface area contributed by atoms with Gasteiger partial charge in [-0.15, -0.1) is 0 Å². The van der Waals surface area contributed by atoms with Crippen LogP contribution in [0.2, 0.25) is 0 Å². The third-order valence-corrected chi connectivity index (χ3v) is 3.36. The first-order chi connectivity index (χ1) is 10.6. The van der Waals surface area contributed by atoms with Crippen LogP contribution < -0.4 is 5.32 Å². The van der Waals surface area contributed by atoms with Crippen LogP contribution in [0.3, 0.4) is 0 Å². The smallest absolute Gasteiger partial charge is 0.410 e. The maximum atomic E-state index is 12.1. The molecule has 0 aliphatic heterocycles. The summed E-state index contributed by atoms with van der Waals surface area (Å²) in [6, 6.07) is 8.52. The Morgan fingerprint density at radius 2 is 1.83 bits per heavy atom. The second kappa shape index (κ2) is 8.23. The van der Waals surface area contributed by atoms with Crippen LogP contribution in [0.4, 0.5) is 10.5 Å². The highest BCUT2D eigenvalue weighted by Gasteiger charge is 2.20. The summed E-state index contributed by atoms with van der Waals surface area (Å²) in [5, 5.41) is 3.56. The molecule has 0 saturated carbocycles. The minimum Gasteiger partial charge on any atom is -0.444 e. The number of rotatable bonds is 6. The average molecular weight is 320 g/mol. The topological polar surface area (TPSA) is 41.6 Å². The van der Waals surface area contributed by atoms with Crippen molar-refractivity contribution in [3.8, 4) is 0 Å². The van der Waals surface area contributed by atoms with Gasteiger partial charge in [-0.25, -0.2) is 4.79 Å². The molecule has 1 unspecified atom stereocenters. The van der Waals surface area contributed by atoms with Crippen LogP contribution in [0.1, 0.15) is 53.5 Å². The molecule has 0 aliphatic carbocycles. The van der Waals surface area contributed by atoms with Gasteiger partial charge in [-0.3, -0.25) is 0 Å². The molecule has 0 heterocycles. The summed E-state index contributed by atoms with van der Waals surface area (Å²) in [6.07, 6.45) is 0.804. The molecule has 1 rings (SSSR count). The molecule has 130 valence electrons. The Kier molecular flexibility index (Phi) is 6.92. The largest absolute Gasteiger partial charge is 0.444 e. The quantitative estimate of drug-likeness (QED) is 0.810. The second-order valence-electron chi connectivity index (χ2n) is 7.67. The second-order valence-corrected chi connectivity index (χ2v) is 7.67. The standard InChI is InChI=1S/C19H32N2O2/c1-14(2)12-15(3)20-17-11-9-8-10-16(17)13-21(7)18(22)23-19(4,5)6/h8-11,14-15,20H,12-13H2,1-7H3. The molecule has 0 aliphatic rings. The molecule has 1 aromatic carbocycles. The van der Waals surface area contributed by atoms with E-state index in [0.717, 1.165) is 17.7 Å². The monoisotopic (exact) mass is 320 g/mol. The molecule has 23 heavy (non-hydrogen) atoms. The molecule has 1 amide bonds. The zero-order valence-electron chi connectivity index (χ0n) is 15.6. The van der Waals surface area contributed by atoms with Crippen molar-refractivity contribution in [2.24, 2.45) is 5.92 Å². The summed E-state index contributed by atoms with van der Waals surface area (Å²) in [5.74, 6) is 0.647. The van der Waals surface area contributed by atoms with Crippen LogP contribution in [-0.4, -0.2) is 29.7 Å². The van der Waals surface area contributed by atoms with E-state index < -0.39 is 5.60 Å². The fourth-order valence-corrected chi connectivity index (χ4v) is 2.49. The summed E-state index contributed by atoms with van der Waals surface area (Å²) in [5.41, 5.74) is 1.70. The summed E-state index contributed by atoms with van der Waals surface area (Å²) in [7, 11) is 1.77. The van der Waals surface area contributed by atoms with E-state index in [4.69, 9.17) is 4.74 Å². The molecular weight excluding hydrogens is 288 g/mol. The van der Waals surface area contributed by atoms with Gasteiger partial charge >= 0.3 is 6.09 Å². The van der Waals surface area contributed by atoms with Crippen LogP contribution in [0.15, 0.2) is 24.3 Å². The molecule has 0 fully saturated rings. The van der Waals surface area contributed by atoms with E-state index in [1.54, 1.807) is 11.9 Å². The number of hydrogen-bond donors (Lipinski definition) is 1. The highest BCUT2D eigenvalue weighted by molar-refractivity contribution is 5.68. The number of carbonyl (C=O) groups excluding carboxylic acids is 1. The normalized spacial score (nSPS) is 12.9. The fourth-order valence-electron chi connectivity index (χ4n) is 2.49. The van der Waals surface area contributed by atoms with Crippen LogP contribution in [0.25, 0.3) is 0 Å². The summed E-state index contributed by atoms with van der Waals surface area (Å²) < 4.78 is 5.41. The average Bonchev–Trinajstić information content (AvgIpc) is 2.37. The predicted octanol–water partition coefficient (Wildman–Crippen LogP) is 4.90. The van der Waals surface area contributed by atoms with Crippen molar-refractivity contribution in [2.75, 3.05) is 12.4 Å². The van der Waals surface area contributed by atoms with Crippen molar-refractivity contribution in [1.29, 1.82) is 0 Å². The third-order valence-electron chi connectivity index (χ3n) is 3.36. The first-order valence-corrected chi connectivity index (χ1v) is 8.37. The first-order valence-electron chi connectivity index (χ1n) is 8.37. The fraction of sp³-hybridized carbons (Fsp3) is 0.632. The molecule has 1 N–H and O–H groups in total. The van der Waals surface area contributed by atoms with Crippen molar-refractivity contribution >= 4 is 11.8 Å². The van der Waals surface area contributed by atoms with E-state index in [1.165, 1.54) is 0 Å². The van der Waals surface area contributed by atoms with Gasteiger partial charge in [-0.2, -0.15) is 0 Å². The van der Waals surface area contributed by atoms with Gasteiger partial charge in [0.1, 0.15) is 5.60 Å². The minimum atomic E-state index is -0.477. The number of ether oxygens (including phenoxy) is 1. The van der Waals surface area contributed by atoms with Crippen molar-refractivity contribution in [3.63, 3.8) is 0 Å². The Hall–Kier alpha value is -1.71. The number of benzene rings is 1. The lowest BCUT2D eigenvalue weighted by molar-refractivity contribution is 0.0285. The van der Waals surface area contributed by atoms with Crippen LogP contribution in [-0.2, 0) is 11.3 Å². The number of nitrogens with zero attached hydrogens (tertiary/aromatic N) is 1. The SMILES string of the molecule is CC(C)CC(C)Nc1ccccc1CN(C)C(=O)OC(C)(C)C. The van der Waals surface area contributed by atoms with Crippen LogP contribution in [0.5, 0.6) is 0 Å². The van der Waals surface area contributed by atoms with E-state index in [-0.39, 0.29) is 6.09 Å². The van der Waals surface area contributed by atoms with Crippen molar-refractivity contribution in [3.05, 3.63) is 29.8 Å². The summed E-state index contributed by atoms with van der Waals surface area (Å²) in [6.45, 7) is 12.8. The van der Waals surface area contributed by atoms with Gasteiger partial charge < -0.3 is 15.0 Å². The van der Waals surface area contributed by atoms with E-state index in [9.17, 15) is 4.79 Å². The minimum absolute atomic E-state index is 0.303. The maximum absolute atomic E-state index is 12.1. The van der Waals surface area contributed by atoms with Crippen molar-refractivity contribution in [1.82, 2.24) is 4.90 Å². The maximum Gasteiger partial charge on any atom is 0.410 e. The number of para-hydroxylation sites is 1. The lowest BCUT2D eigenvalue weighted by Gasteiger charge is -2.26. The summed E-state index contributed by atoms with van der Waals surface area (Å²) in [4.78, 5) is 13.7. The Balaban J connectivity index is 2.75. The molecule has 1 atom stereocenters. The highest BCUT2D eigenvalue weighted by Crippen LogP contribution is 2.20. The van der Waals surface area contributed by atoms with E-state index in [2.05, 4.69) is 32.2 Å². The highest BCUT2D eigenvalue weighted by atomic mass is 16.6. The molecule has 0 bridgehead atoms. The Morgan fingerprint density at radius 3 is 2.39 bits per heavy atom. The van der Waals surface area contributed by atoms with Gasteiger partial charge in [0.25, 0.3) is 0 Å². The van der Waals surface area contributed by atoms with E-state index in [0.29, 0.717) is 18.5 Å². The van der Waals surface area contributed by atoms with Crippen molar-refractivity contribution in [2.45, 2.75) is 66.2 Å². The van der Waals surface area contributed by atoms with Crippen molar-refractivity contribution < 1.29 is 9.53 Å². The van der Waals surface area contributed by atoms with Gasteiger partial charge in [0, 0.05) is 18.8 Å². The van der Waals surface area contributed by atoms with Gasteiger partial charge in [0.05, 0.1) is 6.54 Å². The predicted molar refractivity (Wildman–Crippen MR) is 96.7 cm³/mol. The molecule has 0 saturated heterocycles. The molecule has 0 radical (unpaired) electrons. The molecule has 0 aromatic heterocycles. The number of carbonyl (C=O) groups is 1. The number of hydrogen-bond acceptors (Lipinski definition) is 3. The molecule has 0 spiro atoms. The Labute approximate surface area is 141 Å². The number of anilines is 1. The Bertz CT molecular complexity index is 506. The number of nitrogens with one attached hydrogen (secondary N) is 1. The zero-order valence-corrected chi connectivity index (χ0v) is 15.6. The van der Waals surface area contributed by atoms with E-state index >= 15 is 0 Å². The molecule has 4 nitrogen and oxygen atoms in total. The molecule has 4 heteroatoms. The summed E-state index contributed by atoms with van der Waals surface area (Å²) >= 11 is 0. The zero-order chi connectivity index (χ0) is 17.6. The van der Waals surface area contributed by atoms with E-state index in [1.807, 2.05) is 39.0 Å². The van der Waals surface area contributed by atoms with Gasteiger partial charge in [-0.1, -0.05) is 32.0 Å². The van der Waals surface area contributed by atoms with Gasteiger partial charge in [-0.05, 0) is 51.7 Å². The van der Waals surface area contributed by atoms with Crippen LogP contribution >= 0.6 is 0 Å². The van der Waals surface area contributed by atoms with Crippen LogP contribution in [0, 0.1) is 5.92 Å². The first kappa shape index (κ1) is 19.3. The number of amides is 1. The Morgan fingerprint density at radius 1 is 1.22 bits per heavy atom. The molecule has 1 aromatic rings. The third kappa shape index (κ3) is 7.40. The lowest BCUT2D eigenvalue weighted by atomic mass is 10.0. The lowest BCUT2D eigenvalue weighted by Crippen LogP contribution is -2.34.